The molecule has 11 heavy (non-hydrogen) atoms. The van der Waals surface area contributed by atoms with Crippen molar-refractivity contribution in [3.05, 3.63) is 0 Å². The Hall–Kier alpha value is -0.0400. The van der Waals surface area contributed by atoms with Crippen LogP contribution < -0.4 is 0 Å². The van der Waals surface area contributed by atoms with Crippen LogP contribution >= 0.6 is 0 Å². The molecule has 1 heterocycles. The van der Waals surface area contributed by atoms with E-state index in [0.717, 1.165) is 12.0 Å². The molecule has 66 valence electrons. The van der Waals surface area contributed by atoms with Gasteiger partial charge in [-0.15, -0.1) is 0 Å². The summed E-state index contributed by atoms with van der Waals surface area (Å²) in [5.41, 5.74) is 0. The Morgan fingerprint density at radius 3 is 2.55 bits per heavy atom. The average Bonchev–Trinajstić information content (AvgIpc) is 2.05. The molecule has 0 saturated carbocycles. The summed E-state index contributed by atoms with van der Waals surface area (Å²) in [7, 11) is 0. The molecule has 0 bridgehead atoms. The van der Waals surface area contributed by atoms with Crippen LogP contribution in [0.25, 0.3) is 0 Å². The highest BCUT2D eigenvalue weighted by Gasteiger charge is 2.22. The summed E-state index contributed by atoms with van der Waals surface area (Å²) in [5, 5.41) is 0. The quantitative estimate of drug-likeness (QED) is 0.592. The molecule has 0 aromatic heterocycles. The fraction of sp³-hybridized carbons (Fsp3) is 1.00. The molecular weight excluding hydrogens is 134 g/mol. The van der Waals surface area contributed by atoms with Crippen LogP contribution in [-0.4, -0.2) is 24.0 Å². The normalized spacial score (nSPS) is 34.1. The molecule has 1 aliphatic rings. The third kappa shape index (κ3) is 2.19. The van der Waals surface area contributed by atoms with Crippen molar-refractivity contribution in [2.75, 3.05) is 13.1 Å². The second-order valence-electron chi connectivity index (χ2n) is 3.79. The standard InChI is InChI=1S/C10H21N/c1-4-10-7-6-9(3)11(5-2)8-10/h9-10H,4-8H2,1-3H3/t9-,10?/m0/s1. The highest BCUT2D eigenvalue weighted by atomic mass is 15.2. The van der Waals surface area contributed by atoms with Gasteiger partial charge in [-0.05, 0) is 32.2 Å². The van der Waals surface area contributed by atoms with Crippen molar-refractivity contribution in [3.8, 4) is 0 Å². The van der Waals surface area contributed by atoms with Gasteiger partial charge in [-0.3, -0.25) is 0 Å². The van der Waals surface area contributed by atoms with Crippen molar-refractivity contribution in [1.29, 1.82) is 0 Å². The fourth-order valence-corrected chi connectivity index (χ4v) is 2.04. The first-order chi connectivity index (χ1) is 5.27. The molecule has 2 atom stereocenters. The van der Waals surface area contributed by atoms with Crippen LogP contribution in [0.15, 0.2) is 0 Å². The Kier molecular flexibility index (Phi) is 3.38. The summed E-state index contributed by atoms with van der Waals surface area (Å²) in [6, 6.07) is 0.836. The van der Waals surface area contributed by atoms with E-state index in [4.69, 9.17) is 0 Å². The molecule has 0 radical (unpaired) electrons. The fourth-order valence-electron chi connectivity index (χ4n) is 2.04. The highest BCUT2D eigenvalue weighted by molar-refractivity contribution is 4.76. The second kappa shape index (κ2) is 4.10. The van der Waals surface area contributed by atoms with Crippen molar-refractivity contribution in [2.24, 2.45) is 5.92 Å². The minimum Gasteiger partial charge on any atom is -0.301 e. The van der Waals surface area contributed by atoms with Gasteiger partial charge in [-0.1, -0.05) is 20.3 Å². The molecule has 0 aliphatic carbocycles. The number of rotatable bonds is 2. The van der Waals surface area contributed by atoms with Crippen LogP contribution in [0.4, 0.5) is 0 Å². The monoisotopic (exact) mass is 155 g/mol. The van der Waals surface area contributed by atoms with E-state index >= 15 is 0 Å². The SMILES string of the molecule is CCC1CC[C@H](C)N(CC)C1. The largest absolute Gasteiger partial charge is 0.301 e. The lowest BCUT2D eigenvalue weighted by molar-refractivity contribution is 0.122. The van der Waals surface area contributed by atoms with Crippen molar-refractivity contribution >= 4 is 0 Å². The molecule has 1 saturated heterocycles. The number of hydrogen-bond donors (Lipinski definition) is 0. The summed E-state index contributed by atoms with van der Waals surface area (Å²) < 4.78 is 0. The lowest BCUT2D eigenvalue weighted by Crippen LogP contribution is -2.41. The van der Waals surface area contributed by atoms with E-state index in [2.05, 4.69) is 25.7 Å². The third-order valence-electron chi connectivity index (χ3n) is 3.09. The maximum absolute atomic E-state index is 2.61. The highest BCUT2D eigenvalue weighted by Crippen LogP contribution is 2.23. The van der Waals surface area contributed by atoms with Gasteiger partial charge in [-0.25, -0.2) is 0 Å². The molecule has 0 N–H and O–H groups in total. The van der Waals surface area contributed by atoms with Crippen LogP contribution in [0.5, 0.6) is 0 Å². The number of nitrogens with zero attached hydrogens (tertiary/aromatic N) is 1. The maximum atomic E-state index is 2.61. The number of likely N-dealkylation sites (tertiary alicyclic amines) is 1. The van der Waals surface area contributed by atoms with Gasteiger partial charge in [0.1, 0.15) is 0 Å². The molecule has 1 unspecified atom stereocenters. The topological polar surface area (TPSA) is 3.24 Å². The Morgan fingerprint density at radius 1 is 1.27 bits per heavy atom. The zero-order valence-electron chi connectivity index (χ0n) is 8.14. The van der Waals surface area contributed by atoms with Crippen LogP contribution in [0.1, 0.15) is 40.0 Å². The zero-order valence-corrected chi connectivity index (χ0v) is 8.14. The first-order valence-corrected chi connectivity index (χ1v) is 5.02. The predicted molar refractivity (Wildman–Crippen MR) is 49.7 cm³/mol. The Bertz CT molecular complexity index is 111. The van der Waals surface area contributed by atoms with E-state index in [0.29, 0.717) is 0 Å². The van der Waals surface area contributed by atoms with Crippen molar-refractivity contribution in [1.82, 2.24) is 4.90 Å². The van der Waals surface area contributed by atoms with E-state index < -0.39 is 0 Å². The molecule has 1 aliphatic heterocycles. The van der Waals surface area contributed by atoms with Gasteiger partial charge in [-0.2, -0.15) is 0 Å². The molecular formula is C10H21N. The molecule has 0 aromatic carbocycles. The molecule has 1 rings (SSSR count). The average molecular weight is 155 g/mol. The van der Waals surface area contributed by atoms with Crippen molar-refractivity contribution in [3.63, 3.8) is 0 Å². The van der Waals surface area contributed by atoms with Crippen LogP contribution in [0.3, 0.4) is 0 Å². The molecule has 1 nitrogen and oxygen atoms in total. The third-order valence-corrected chi connectivity index (χ3v) is 3.09. The summed E-state index contributed by atoms with van der Waals surface area (Å²) in [6.45, 7) is 9.52. The lowest BCUT2D eigenvalue weighted by Gasteiger charge is -2.36. The van der Waals surface area contributed by atoms with Gasteiger partial charge in [0.2, 0.25) is 0 Å². The number of hydrogen-bond acceptors (Lipinski definition) is 1. The molecule has 1 fully saturated rings. The predicted octanol–water partition coefficient (Wildman–Crippen LogP) is 2.52. The van der Waals surface area contributed by atoms with Crippen LogP contribution in [-0.2, 0) is 0 Å². The molecule has 0 amide bonds. The molecule has 0 aromatic rings. The summed E-state index contributed by atoms with van der Waals surface area (Å²) in [6.07, 6.45) is 4.23. The van der Waals surface area contributed by atoms with E-state index in [1.54, 1.807) is 0 Å². The van der Waals surface area contributed by atoms with Crippen molar-refractivity contribution in [2.45, 2.75) is 46.1 Å². The lowest BCUT2D eigenvalue weighted by atomic mass is 9.92. The van der Waals surface area contributed by atoms with Gasteiger partial charge >= 0.3 is 0 Å². The Balaban J connectivity index is 2.37. The van der Waals surface area contributed by atoms with Gasteiger partial charge in [0.25, 0.3) is 0 Å². The Labute approximate surface area is 70.8 Å². The first kappa shape index (κ1) is 9.05. The van der Waals surface area contributed by atoms with E-state index in [1.807, 2.05) is 0 Å². The van der Waals surface area contributed by atoms with Gasteiger partial charge in [0.05, 0.1) is 0 Å². The summed E-state index contributed by atoms with van der Waals surface area (Å²) in [4.78, 5) is 2.61. The van der Waals surface area contributed by atoms with Crippen molar-refractivity contribution < 1.29 is 0 Å². The maximum Gasteiger partial charge on any atom is 0.00670 e. The second-order valence-corrected chi connectivity index (χ2v) is 3.79. The number of piperidine rings is 1. The molecule has 0 spiro atoms. The first-order valence-electron chi connectivity index (χ1n) is 5.02. The van der Waals surface area contributed by atoms with Gasteiger partial charge < -0.3 is 4.90 Å². The summed E-state index contributed by atoms with van der Waals surface area (Å²) in [5.74, 6) is 0.978. The van der Waals surface area contributed by atoms with Gasteiger partial charge in [0.15, 0.2) is 0 Å². The minimum atomic E-state index is 0.836. The Morgan fingerprint density at radius 2 is 2.00 bits per heavy atom. The smallest absolute Gasteiger partial charge is 0.00670 e. The van der Waals surface area contributed by atoms with E-state index in [1.165, 1.54) is 32.4 Å². The zero-order chi connectivity index (χ0) is 8.27. The van der Waals surface area contributed by atoms with Gasteiger partial charge in [0, 0.05) is 12.6 Å². The van der Waals surface area contributed by atoms with Crippen LogP contribution in [0.2, 0.25) is 0 Å². The minimum absolute atomic E-state index is 0.836. The molecule has 1 heteroatoms. The van der Waals surface area contributed by atoms with E-state index in [-0.39, 0.29) is 0 Å². The van der Waals surface area contributed by atoms with Crippen LogP contribution in [0, 0.1) is 5.92 Å². The van der Waals surface area contributed by atoms with E-state index in [9.17, 15) is 0 Å². The summed E-state index contributed by atoms with van der Waals surface area (Å²) >= 11 is 0.